The third kappa shape index (κ3) is 5.58. The molecule has 1 aromatic carbocycles. The van der Waals surface area contributed by atoms with Gasteiger partial charge in [-0.25, -0.2) is 9.78 Å². The number of carboxylic acid groups (broad SMARTS) is 1. The van der Waals surface area contributed by atoms with Crippen LogP contribution < -0.4 is 10.6 Å². The van der Waals surface area contributed by atoms with Crippen LogP contribution in [0.5, 0.6) is 0 Å². The highest BCUT2D eigenvalue weighted by atomic mass is 16.4. The van der Waals surface area contributed by atoms with Crippen LogP contribution in [-0.4, -0.2) is 53.2 Å². The number of nitrogens with one attached hydrogen (secondary N) is 2. The van der Waals surface area contributed by atoms with E-state index in [0.717, 1.165) is 50.2 Å². The van der Waals surface area contributed by atoms with Gasteiger partial charge in [-0.2, -0.15) is 0 Å². The lowest BCUT2D eigenvalue weighted by atomic mass is 9.90. The van der Waals surface area contributed by atoms with Gasteiger partial charge >= 0.3 is 12.0 Å². The van der Waals surface area contributed by atoms with E-state index < -0.39 is 5.97 Å². The van der Waals surface area contributed by atoms with Crippen molar-refractivity contribution < 1.29 is 14.7 Å². The van der Waals surface area contributed by atoms with Crippen molar-refractivity contribution in [2.75, 3.05) is 31.5 Å². The maximum atomic E-state index is 12.9. The molecule has 0 spiro atoms. The van der Waals surface area contributed by atoms with E-state index in [9.17, 15) is 9.59 Å². The van der Waals surface area contributed by atoms with Crippen LogP contribution >= 0.6 is 0 Å². The van der Waals surface area contributed by atoms with Gasteiger partial charge < -0.3 is 20.6 Å². The van der Waals surface area contributed by atoms with E-state index in [1.54, 1.807) is 0 Å². The number of urea groups is 1. The molecule has 1 unspecified atom stereocenters. The minimum atomic E-state index is -0.797. The van der Waals surface area contributed by atoms with Crippen LogP contribution in [0.25, 0.3) is 0 Å². The first-order chi connectivity index (χ1) is 15.6. The fourth-order valence-corrected chi connectivity index (χ4v) is 4.68. The van der Waals surface area contributed by atoms with Crippen LogP contribution in [0.2, 0.25) is 0 Å². The third-order valence-corrected chi connectivity index (χ3v) is 6.42. The minimum absolute atomic E-state index is 0.0442. The average molecular weight is 437 g/mol. The van der Waals surface area contributed by atoms with Crippen molar-refractivity contribution in [2.45, 2.75) is 50.9 Å². The molecule has 2 amide bonds. The second-order valence-electron chi connectivity index (χ2n) is 8.70. The Hall–Kier alpha value is -3.09. The lowest BCUT2D eigenvalue weighted by Gasteiger charge is -2.25. The summed E-state index contributed by atoms with van der Waals surface area (Å²) in [5, 5.41) is 15.6. The number of carbonyl (C=O) groups excluding carboxylic acids is 1. The Morgan fingerprint density at radius 3 is 2.91 bits per heavy atom. The highest BCUT2D eigenvalue weighted by Crippen LogP contribution is 2.29. The van der Waals surface area contributed by atoms with E-state index in [0.29, 0.717) is 26.1 Å². The summed E-state index contributed by atoms with van der Waals surface area (Å²) >= 11 is 0. The number of aryl methyl sites for hydroxylation is 2. The van der Waals surface area contributed by atoms with Crippen LogP contribution in [0.15, 0.2) is 36.4 Å². The fraction of sp³-hybridized carbons (Fsp3) is 0.480. The zero-order valence-corrected chi connectivity index (χ0v) is 18.5. The van der Waals surface area contributed by atoms with Crippen LogP contribution in [0.4, 0.5) is 10.6 Å². The first-order valence-electron chi connectivity index (χ1n) is 11.6. The number of fused-ring (bicyclic) bond motifs is 2. The molecule has 0 aliphatic carbocycles. The van der Waals surface area contributed by atoms with Crippen LogP contribution in [0.1, 0.15) is 54.0 Å². The van der Waals surface area contributed by atoms with Gasteiger partial charge in [-0.3, -0.25) is 4.79 Å². The Labute approximate surface area is 189 Å². The molecule has 32 heavy (non-hydrogen) atoms. The van der Waals surface area contributed by atoms with E-state index >= 15 is 0 Å². The number of anilines is 1. The van der Waals surface area contributed by atoms with Crippen LogP contribution in [0.3, 0.4) is 0 Å². The topological polar surface area (TPSA) is 94.6 Å². The van der Waals surface area contributed by atoms with Crippen molar-refractivity contribution in [2.24, 2.45) is 0 Å². The third-order valence-electron chi connectivity index (χ3n) is 6.42. The van der Waals surface area contributed by atoms with Gasteiger partial charge in [0.15, 0.2) is 0 Å². The number of nitrogens with zero attached hydrogens (tertiary/aromatic N) is 2. The van der Waals surface area contributed by atoms with Gasteiger partial charge in [-0.1, -0.05) is 30.3 Å². The molecule has 0 fully saturated rings. The zero-order chi connectivity index (χ0) is 22.3. The summed E-state index contributed by atoms with van der Waals surface area (Å²) in [6.45, 7) is 2.76. The second-order valence-corrected chi connectivity index (χ2v) is 8.70. The van der Waals surface area contributed by atoms with E-state index in [-0.39, 0.29) is 18.4 Å². The molecule has 2 aromatic rings. The number of aromatic nitrogens is 1. The standard InChI is InChI=1S/C25H32N4O3/c30-23(31)12-10-20-17-29(16-13-18-5-1-2-8-22(18)20)25(32)27-15-4-7-21-11-9-19-6-3-14-26-24(19)28-21/h1-2,5,8-9,11,20H,3-4,6-7,10,12-17H2,(H,26,28)(H,27,32)(H,30,31). The predicted molar refractivity (Wildman–Crippen MR) is 124 cm³/mol. The summed E-state index contributed by atoms with van der Waals surface area (Å²) in [4.78, 5) is 30.5. The molecule has 3 heterocycles. The summed E-state index contributed by atoms with van der Waals surface area (Å²) in [5.41, 5.74) is 4.72. The fourth-order valence-electron chi connectivity index (χ4n) is 4.68. The molecule has 1 atom stereocenters. The maximum absolute atomic E-state index is 12.9. The Bertz CT molecular complexity index is 962. The minimum Gasteiger partial charge on any atom is -0.481 e. The quantitative estimate of drug-likeness (QED) is 0.577. The Morgan fingerprint density at radius 1 is 1.16 bits per heavy atom. The molecule has 0 saturated carbocycles. The monoisotopic (exact) mass is 436 g/mol. The number of amides is 2. The summed E-state index contributed by atoms with van der Waals surface area (Å²) in [7, 11) is 0. The molecule has 7 heteroatoms. The lowest BCUT2D eigenvalue weighted by molar-refractivity contribution is -0.137. The van der Waals surface area contributed by atoms with E-state index in [2.05, 4.69) is 34.9 Å². The maximum Gasteiger partial charge on any atom is 0.317 e. The molecule has 7 nitrogen and oxygen atoms in total. The molecule has 0 radical (unpaired) electrons. The second kappa shape index (κ2) is 10.5. The summed E-state index contributed by atoms with van der Waals surface area (Å²) in [6, 6.07) is 12.3. The molecular weight excluding hydrogens is 404 g/mol. The molecule has 170 valence electrons. The molecule has 0 saturated heterocycles. The SMILES string of the molecule is O=C(O)CCC1CN(C(=O)NCCCc2ccc3c(n2)NCCC3)CCc2ccccc21. The van der Waals surface area contributed by atoms with Crippen LogP contribution in [0, 0.1) is 0 Å². The number of benzene rings is 1. The average Bonchev–Trinajstić information content (AvgIpc) is 3.00. The largest absolute Gasteiger partial charge is 0.481 e. The molecule has 3 N–H and O–H groups in total. The van der Waals surface area contributed by atoms with Gasteiger partial charge in [-0.15, -0.1) is 0 Å². The number of pyridine rings is 1. The Kier molecular flexibility index (Phi) is 7.24. The molecule has 1 aromatic heterocycles. The highest BCUT2D eigenvalue weighted by molar-refractivity contribution is 5.74. The van der Waals surface area contributed by atoms with Gasteiger partial charge in [0.05, 0.1) is 0 Å². The Morgan fingerprint density at radius 2 is 2.03 bits per heavy atom. The number of hydrogen-bond donors (Lipinski definition) is 3. The zero-order valence-electron chi connectivity index (χ0n) is 18.5. The van der Waals surface area contributed by atoms with Crippen molar-refractivity contribution in [1.82, 2.24) is 15.2 Å². The highest BCUT2D eigenvalue weighted by Gasteiger charge is 2.26. The molecule has 4 rings (SSSR count). The van der Waals surface area contributed by atoms with Gasteiger partial charge in [0.1, 0.15) is 5.82 Å². The van der Waals surface area contributed by atoms with Crippen molar-refractivity contribution >= 4 is 17.8 Å². The predicted octanol–water partition coefficient (Wildman–Crippen LogP) is 3.59. The molecule has 2 aliphatic rings. The van der Waals surface area contributed by atoms with Crippen molar-refractivity contribution in [3.8, 4) is 0 Å². The van der Waals surface area contributed by atoms with Gasteiger partial charge in [0.2, 0.25) is 0 Å². The van der Waals surface area contributed by atoms with Crippen molar-refractivity contribution in [1.29, 1.82) is 0 Å². The molecule has 2 aliphatic heterocycles. The number of aliphatic carboxylic acids is 1. The van der Waals surface area contributed by atoms with Crippen molar-refractivity contribution in [3.05, 3.63) is 58.8 Å². The molecule has 0 bridgehead atoms. The van der Waals surface area contributed by atoms with Gasteiger partial charge in [0.25, 0.3) is 0 Å². The smallest absolute Gasteiger partial charge is 0.317 e. The first-order valence-corrected chi connectivity index (χ1v) is 11.6. The summed E-state index contributed by atoms with van der Waals surface area (Å²) < 4.78 is 0. The van der Waals surface area contributed by atoms with E-state index in [4.69, 9.17) is 10.1 Å². The van der Waals surface area contributed by atoms with Gasteiger partial charge in [-0.05, 0) is 61.3 Å². The van der Waals surface area contributed by atoms with Gasteiger partial charge in [0, 0.05) is 44.2 Å². The summed E-state index contributed by atoms with van der Waals surface area (Å²) in [6.07, 6.45) is 5.32. The number of carbonyl (C=O) groups is 2. The first kappa shape index (κ1) is 22.1. The Balaban J connectivity index is 1.29. The number of rotatable bonds is 7. The number of carboxylic acids is 1. The van der Waals surface area contributed by atoms with E-state index in [1.807, 2.05) is 17.0 Å². The molecular formula is C25H32N4O3. The van der Waals surface area contributed by atoms with Crippen molar-refractivity contribution in [3.63, 3.8) is 0 Å². The van der Waals surface area contributed by atoms with Crippen LogP contribution in [-0.2, 0) is 24.1 Å². The van der Waals surface area contributed by atoms with E-state index in [1.165, 1.54) is 16.7 Å². The summed E-state index contributed by atoms with van der Waals surface area (Å²) in [5.74, 6) is 0.255. The normalized spacial score (nSPS) is 17.5. The number of hydrogen-bond acceptors (Lipinski definition) is 4. The lowest BCUT2D eigenvalue weighted by Crippen LogP contribution is -2.42.